The molecule has 0 spiro atoms. The van der Waals surface area contributed by atoms with Crippen LogP contribution in [0.25, 0.3) is 10.9 Å². The SMILES string of the molecule is CC(NC(=O)C(N)Cc1c[nH]c2ccccc12)C(=O)NC(C)C(=O)NCC(=O)O. The maximum absolute atomic E-state index is 12.3. The summed E-state index contributed by atoms with van der Waals surface area (Å²) in [5, 5.41) is 16.6. The van der Waals surface area contributed by atoms with Crippen molar-refractivity contribution in [3.63, 3.8) is 0 Å². The van der Waals surface area contributed by atoms with E-state index in [1.807, 2.05) is 24.3 Å². The van der Waals surface area contributed by atoms with E-state index in [1.165, 1.54) is 13.8 Å². The highest BCUT2D eigenvalue weighted by atomic mass is 16.4. The quantitative estimate of drug-likeness (QED) is 0.322. The second-order valence-corrected chi connectivity index (χ2v) is 6.74. The molecule has 0 aliphatic carbocycles. The summed E-state index contributed by atoms with van der Waals surface area (Å²) in [5.74, 6) is -2.92. The Labute approximate surface area is 167 Å². The number of nitrogens with two attached hydrogens (primary N) is 1. The minimum Gasteiger partial charge on any atom is -0.480 e. The van der Waals surface area contributed by atoms with Gasteiger partial charge in [-0.2, -0.15) is 0 Å². The summed E-state index contributed by atoms with van der Waals surface area (Å²) in [7, 11) is 0. The maximum atomic E-state index is 12.3. The lowest BCUT2D eigenvalue weighted by atomic mass is 10.0. The third-order valence-corrected chi connectivity index (χ3v) is 4.37. The molecule has 0 saturated heterocycles. The van der Waals surface area contributed by atoms with Gasteiger partial charge in [-0.05, 0) is 31.9 Å². The van der Waals surface area contributed by atoms with Gasteiger partial charge in [0.2, 0.25) is 17.7 Å². The summed E-state index contributed by atoms with van der Waals surface area (Å²) in [6.45, 7) is 2.33. The van der Waals surface area contributed by atoms with Crippen molar-refractivity contribution < 1.29 is 24.3 Å². The van der Waals surface area contributed by atoms with E-state index in [1.54, 1.807) is 6.20 Å². The van der Waals surface area contributed by atoms with Crippen LogP contribution in [0.5, 0.6) is 0 Å². The lowest BCUT2D eigenvalue weighted by Gasteiger charge is -2.19. The van der Waals surface area contributed by atoms with Crippen molar-refractivity contribution in [2.75, 3.05) is 6.54 Å². The average Bonchev–Trinajstić information content (AvgIpc) is 3.08. The zero-order valence-electron chi connectivity index (χ0n) is 16.2. The van der Waals surface area contributed by atoms with E-state index in [2.05, 4.69) is 20.9 Å². The Hall–Kier alpha value is -3.40. The summed E-state index contributed by atoms with van der Waals surface area (Å²) in [4.78, 5) is 49.8. The molecule has 1 aromatic heterocycles. The van der Waals surface area contributed by atoms with Gasteiger partial charge in [-0.1, -0.05) is 18.2 Å². The van der Waals surface area contributed by atoms with Crippen LogP contribution in [-0.4, -0.2) is 58.5 Å². The van der Waals surface area contributed by atoms with E-state index in [0.29, 0.717) is 0 Å². The monoisotopic (exact) mass is 403 g/mol. The van der Waals surface area contributed by atoms with Gasteiger partial charge < -0.3 is 31.8 Å². The van der Waals surface area contributed by atoms with Crippen molar-refractivity contribution in [3.8, 4) is 0 Å². The van der Waals surface area contributed by atoms with Crippen LogP contribution in [-0.2, 0) is 25.6 Å². The number of nitrogens with one attached hydrogen (secondary N) is 4. The number of aromatic amines is 1. The molecule has 3 amide bonds. The van der Waals surface area contributed by atoms with Crippen LogP contribution < -0.4 is 21.7 Å². The molecule has 3 atom stereocenters. The highest BCUT2D eigenvalue weighted by Crippen LogP contribution is 2.18. The molecule has 1 heterocycles. The number of hydrogen-bond donors (Lipinski definition) is 6. The number of carbonyl (C=O) groups is 4. The first-order chi connectivity index (χ1) is 13.7. The number of H-pyrrole nitrogens is 1. The van der Waals surface area contributed by atoms with E-state index < -0.39 is 48.4 Å². The fourth-order valence-corrected chi connectivity index (χ4v) is 2.74. The Morgan fingerprint density at radius 3 is 2.34 bits per heavy atom. The molecule has 2 aromatic rings. The molecule has 10 heteroatoms. The van der Waals surface area contributed by atoms with Crippen LogP contribution in [0.15, 0.2) is 30.5 Å². The zero-order chi connectivity index (χ0) is 21.6. The molecular weight excluding hydrogens is 378 g/mol. The molecule has 0 bridgehead atoms. The summed E-state index contributed by atoms with van der Waals surface area (Å²) in [5.41, 5.74) is 7.82. The molecule has 3 unspecified atom stereocenters. The zero-order valence-corrected chi connectivity index (χ0v) is 16.2. The van der Waals surface area contributed by atoms with Crippen LogP contribution in [0.2, 0.25) is 0 Å². The van der Waals surface area contributed by atoms with E-state index in [0.717, 1.165) is 16.5 Å². The summed E-state index contributed by atoms with van der Waals surface area (Å²) >= 11 is 0. The lowest BCUT2D eigenvalue weighted by Crippen LogP contribution is -2.54. The van der Waals surface area contributed by atoms with Gasteiger partial charge in [-0.25, -0.2) is 0 Å². The van der Waals surface area contributed by atoms with Gasteiger partial charge in [-0.3, -0.25) is 19.2 Å². The number of carboxylic acids is 1. The second kappa shape index (κ2) is 9.69. The van der Waals surface area contributed by atoms with Crippen LogP contribution in [0, 0.1) is 0 Å². The number of aliphatic carboxylic acids is 1. The Kier molecular flexibility index (Phi) is 7.32. The fraction of sp³-hybridized carbons (Fsp3) is 0.368. The first-order valence-electron chi connectivity index (χ1n) is 9.10. The highest BCUT2D eigenvalue weighted by Gasteiger charge is 2.24. The second-order valence-electron chi connectivity index (χ2n) is 6.74. The van der Waals surface area contributed by atoms with E-state index >= 15 is 0 Å². The number of rotatable bonds is 9. The van der Waals surface area contributed by atoms with E-state index in [9.17, 15) is 19.2 Å². The van der Waals surface area contributed by atoms with Crippen molar-refractivity contribution >= 4 is 34.6 Å². The Bertz CT molecular complexity index is 909. The number of carboxylic acid groups (broad SMARTS) is 1. The molecule has 0 saturated carbocycles. The van der Waals surface area contributed by atoms with Gasteiger partial charge in [0.15, 0.2) is 0 Å². The molecule has 156 valence electrons. The first-order valence-corrected chi connectivity index (χ1v) is 9.10. The van der Waals surface area contributed by atoms with Gasteiger partial charge in [0, 0.05) is 17.1 Å². The van der Waals surface area contributed by atoms with Crippen LogP contribution >= 0.6 is 0 Å². The van der Waals surface area contributed by atoms with Crippen molar-refractivity contribution in [2.24, 2.45) is 5.73 Å². The minimum atomic E-state index is -1.19. The summed E-state index contributed by atoms with van der Waals surface area (Å²) in [6, 6.07) is 4.90. The van der Waals surface area contributed by atoms with Gasteiger partial charge in [0.1, 0.15) is 18.6 Å². The third kappa shape index (κ3) is 6.04. The molecule has 0 fully saturated rings. The predicted octanol–water partition coefficient (Wildman–Crippen LogP) is -0.752. The van der Waals surface area contributed by atoms with Gasteiger partial charge in [0.05, 0.1) is 6.04 Å². The number of amides is 3. The summed E-state index contributed by atoms with van der Waals surface area (Å²) < 4.78 is 0. The first kappa shape index (κ1) is 21.9. The molecule has 0 radical (unpaired) electrons. The number of fused-ring (bicyclic) bond motifs is 1. The molecule has 7 N–H and O–H groups in total. The molecule has 1 aromatic carbocycles. The molecular formula is C19H25N5O5. The molecule has 10 nitrogen and oxygen atoms in total. The number of para-hydroxylation sites is 1. The van der Waals surface area contributed by atoms with E-state index in [4.69, 9.17) is 10.8 Å². The van der Waals surface area contributed by atoms with E-state index in [-0.39, 0.29) is 6.42 Å². The van der Waals surface area contributed by atoms with Crippen molar-refractivity contribution in [1.82, 2.24) is 20.9 Å². The fourth-order valence-electron chi connectivity index (χ4n) is 2.74. The van der Waals surface area contributed by atoms with Gasteiger partial charge in [0.25, 0.3) is 0 Å². The topological polar surface area (TPSA) is 166 Å². The van der Waals surface area contributed by atoms with Gasteiger partial charge in [-0.15, -0.1) is 0 Å². The van der Waals surface area contributed by atoms with Crippen LogP contribution in [0.3, 0.4) is 0 Å². The molecule has 2 rings (SSSR count). The third-order valence-electron chi connectivity index (χ3n) is 4.37. The van der Waals surface area contributed by atoms with Crippen molar-refractivity contribution in [3.05, 3.63) is 36.0 Å². The Morgan fingerprint density at radius 2 is 1.66 bits per heavy atom. The minimum absolute atomic E-state index is 0.290. The highest BCUT2D eigenvalue weighted by molar-refractivity contribution is 5.93. The average molecular weight is 403 g/mol. The van der Waals surface area contributed by atoms with Crippen molar-refractivity contribution in [2.45, 2.75) is 38.4 Å². The number of carbonyl (C=O) groups excluding carboxylic acids is 3. The van der Waals surface area contributed by atoms with Crippen molar-refractivity contribution in [1.29, 1.82) is 0 Å². The predicted molar refractivity (Wildman–Crippen MR) is 106 cm³/mol. The standard InChI is InChI=1S/C19H25N5O5/c1-10(17(27)22-9-16(25)26)23-18(28)11(2)24-19(29)14(20)7-12-8-21-15-6-4-3-5-13(12)15/h3-6,8,10-11,14,21H,7,9,20H2,1-2H3,(H,22,27)(H,23,28)(H,24,29)(H,25,26). The Balaban J connectivity index is 1.86. The molecule has 29 heavy (non-hydrogen) atoms. The Morgan fingerprint density at radius 1 is 1.03 bits per heavy atom. The summed E-state index contributed by atoms with van der Waals surface area (Å²) in [6.07, 6.45) is 2.09. The smallest absolute Gasteiger partial charge is 0.322 e. The van der Waals surface area contributed by atoms with Crippen LogP contribution in [0.4, 0.5) is 0 Å². The number of benzene rings is 1. The van der Waals surface area contributed by atoms with Crippen LogP contribution in [0.1, 0.15) is 19.4 Å². The maximum Gasteiger partial charge on any atom is 0.322 e. The number of hydrogen-bond acceptors (Lipinski definition) is 5. The molecule has 0 aliphatic heterocycles. The number of aromatic nitrogens is 1. The molecule has 0 aliphatic rings. The largest absolute Gasteiger partial charge is 0.480 e. The normalized spacial score (nSPS) is 13.9. The lowest BCUT2D eigenvalue weighted by molar-refractivity contribution is -0.138. The van der Waals surface area contributed by atoms with Gasteiger partial charge >= 0.3 is 5.97 Å².